The molecule has 0 spiro atoms. The third-order valence-electron chi connectivity index (χ3n) is 6.28. The lowest BCUT2D eigenvalue weighted by Gasteiger charge is -2.24. The van der Waals surface area contributed by atoms with Gasteiger partial charge in [-0.25, -0.2) is 0 Å². The van der Waals surface area contributed by atoms with E-state index in [4.69, 9.17) is 0 Å². The van der Waals surface area contributed by atoms with E-state index in [1.165, 1.54) is 122 Å². The zero-order chi connectivity index (χ0) is 19.3. The zero-order valence-electron chi connectivity index (χ0n) is 19.3. The maximum absolute atomic E-state index is 2.37. The average Bonchev–Trinajstić information content (AvgIpc) is 2.65. The molecule has 0 aliphatic carbocycles. The predicted molar refractivity (Wildman–Crippen MR) is 122 cm³/mol. The van der Waals surface area contributed by atoms with Crippen molar-refractivity contribution in [2.75, 3.05) is 0 Å². The van der Waals surface area contributed by atoms with Gasteiger partial charge >= 0.3 is 0 Å². The lowest BCUT2D eigenvalue weighted by atomic mass is 9.82. The Balaban J connectivity index is 4.33. The highest BCUT2D eigenvalue weighted by Crippen LogP contribution is 2.30. The van der Waals surface area contributed by atoms with Gasteiger partial charge in [0.25, 0.3) is 0 Å². The third kappa shape index (κ3) is 17.4. The average molecular weight is 367 g/mol. The first kappa shape index (κ1) is 26.0. The maximum Gasteiger partial charge on any atom is -0.0412 e. The van der Waals surface area contributed by atoms with Crippen molar-refractivity contribution in [1.82, 2.24) is 0 Å². The summed E-state index contributed by atoms with van der Waals surface area (Å²) >= 11 is 0. The molecule has 0 rings (SSSR count). The molecule has 2 unspecified atom stereocenters. The number of unbranched alkanes of at least 4 members (excludes halogenated alkanes) is 11. The largest absolute Gasteiger partial charge is 0.0654 e. The van der Waals surface area contributed by atoms with Gasteiger partial charge in [-0.05, 0) is 18.3 Å². The van der Waals surface area contributed by atoms with Crippen molar-refractivity contribution in [3.05, 3.63) is 0 Å². The minimum absolute atomic E-state index is 1.03. The highest BCUT2D eigenvalue weighted by molar-refractivity contribution is 4.69. The number of hydrogen-bond donors (Lipinski definition) is 0. The van der Waals surface area contributed by atoms with Crippen molar-refractivity contribution in [3.8, 4) is 0 Å². The highest BCUT2D eigenvalue weighted by Gasteiger charge is 2.16. The van der Waals surface area contributed by atoms with Crippen LogP contribution < -0.4 is 0 Å². The Morgan fingerprint density at radius 2 is 0.654 bits per heavy atom. The van der Waals surface area contributed by atoms with E-state index in [-0.39, 0.29) is 0 Å². The van der Waals surface area contributed by atoms with Crippen LogP contribution in [0.25, 0.3) is 0 Å². The van der Waals surface area contributed by atoms with Gasteiger partial charge in [-0.15, -0.1) is 0 Å². The molecule has 0 N–H and O–H groups in total. The van der Waals surface area contributed by atoms with Crippen LogP contribution in [0.2, 0.25) is 0 Å². The molecule has 0 saturated heterocycles. The molecule has 0 aromatic rings. The quantitative estimate of drug-likeness (QED) is 0.177. The molecule has 0 saturated carbocycles. The second-order valence-corrected chi connectivity index (χ2v) is 9.01. The minimum Gasteiger partial charge on any atom is -0.0654 e. The van der Waals surface area contributed by atoms with Crippen LogP contribution in [-0.2, 0) is 0 Å². The molecule has 0 nitrogen and oxygen atoms in total. The van der Waals surface area contributed by atoms with Crippen molar-refractivity contribution in [1.29, 1.82) is 0 Å². The molecule has 0 fully saturated rings. The highest BCUT2D eigenvalue weighted by atomic mass is 14.2. The van der Waals surface area contributed by atoms with Crippen molar-refractivity contribution >= 4 is 0 Å². The van der Waals surface area contributed by atoms with E-state index in [0.29, 0.717) is 0 Å². The first-order valence-electron chi connectivity index (χ1n) is 12.8. The zero-order valence-corrected chi connectivity index (χ0v) is 19.3. The van der Waals surface area contributed by atoms with Crippen LogP contribution in [0, 0.1) is 11.8 Å². The Hall–Kier alpha value is 0. The molecular weight excluding hydrogens is 312 g/mol. The van der Waals surface area contributed by atoms with Crippen molar-refractivity contribution in [2.24, 2.45) is 11.8 Å². The summed E-state index contributed by atoms with van der Waals surface area (Å²) in [5.74, 6) is 2.06. The van der Waals surface area contributed by atoms with Gasteiger partial charge in [0.15, 0.2) is 0 Å². The van der Waals surface area contributed by atoms with Gasteiger partial charge in [0.05, 0.1) is 0 Å². The molecular formula is C26H54. The molecule has 2 atom stereocenters. The molecule has 0 amide bonds. The van der Waals surface area contributed by atoms with E-state index < -0.39 is 0 Å². The number of hydrogen-bond acceptors (Lipinski definition) is 0. The molecule has 0 aromatic carbocycles. The lowest BCUT2D eigenvalue weighted by molar-refractivity contribution is 0.284. The molecule has 0 aromatic heterocycles. The molecule has 0 radical (unpaired) electrons. The summed E-state index contributed by atoms with van der Waals surface area (Å²) in [5.41, 5.74) is 0. The lowest BCUT2D eigenvalue weighted by Crippen LogP contribution is -2.10. The van der Waals surface area contributed by atoms with Crippen LogP contribution in [0.1, 0.15) is 156 Å². The second kappa shape index (κ2) is 21.3. The predicted octanol–water partition coefficient (Wildman–Crippen LogP) is 10.1. The Bertz CT molecular complexity index is 244. The van der Waals surface area contributed by atoms with E-state index >= 15 is 0 Å². The SMILES string of the molecule is CCCCCCCC(CCCCCC)CC(CCCC)CCCCCC. The summed E-state index contributed by atoms with van der Waals surface area (Å²) in [5, 5.41) is 0. The van der Waals surface area contributed by atoms with E-state index in [0.717, 1.165) is 11.8 Å². The summed E-state index contributed by atoms with van der Waals surface area (Å²) < 4.78 is 0. The van der Waals surface area contributed by atoms with Crippen LogP contribution in [-0.4, -0.2) is 0 Å². The van der Waals surface area contributed by atoms with Gasteiger partial charge in [0.1, 0.15) is 0 Å². The van der Waals surface area contributed by atoms with Crippen LogP contribution in [0.4, 0.5) is 0 Å². The fourth-order valence-electron chi connectivity index (χ4n) is 4.48. The van der Waals surface area contributed by atoms with Gasteiger partial charge in [0.2, 0.25) is 0 Å². The fourth-order valence-corrected chi connectivity index (χ4v) is 4.48. The van der Waals surface area contributed by atoms with Gasteiger partial charge in [-0.2, -0.15) is 0 Å². The van der Waals surface area contributed by atoms with Gasteiger partial charge in [0, 0.05) is 0 Å². The van der Waals surface area contributed by atoms with Crippen molar-refractivity contribution < 1.29 is 0 Å². The van der Waals surface area contributed by atoms with E-state index in [1.54, 1.807) is 6.42 Å². The van der Waals surface area contributed by atoms with Gasteiger partial charge in [-0.1, -0.05) is 150 Å². The summed E-state index contributed by atoms with van der Waals surface area (Å²) in [6, 6.07) is 0. The Labute approximate surface area is 168 Å². The monoisotopic (exact) mass is 366 g/mol. The summed E-state index contributed by atoms with van der Waals surface area (Å²) in [6.45, 7) is 9.36. The Morgan fingerprint density at radius 3 is 1.04 bits per heavy atom. The first-order chi connectivity index (χ1) is 12.8. The topological polar surface area (TPSA) is 0 Å². The normalized spacial score (nSPS) is 13.8. The third-order valence-corrected chi connectivity index (χ3v) is 6.28. The van der Waals surface area contributed by atoms with Crippen LogP contribution in [0.3, 0.4) is 0 Å². The summed E-state index contributed by atoms with van der Waals surface area (Å²) in [6.07, 6.45) is 29.3. The maximum atomic E-state index is 2.37. The fraction of sp³-hybridized carbons (Fsp3) is 1.00. The molecule has 0 heteroatoms. The van der Waals surface area contributed by atoms with Crippen LogP contribution >= 0.6 is 0 Å². The summed E-state index contributed by atoms with van der Waals surface area (Å²) in [4.78, 5) is 0. The van der Waals surface area contributed by atoms with E-state index in [9.17, 15) is 0 Å². The van der Waals surface area contributed by atoms with Gasteiger partial charge in [-0.3, -0.25) is 0 Å². The minimum atomic E-state index is 1.03. The van der Waals surface area contributed by atoms with E-state index in [1.807, 2.05) is 0 Å². The molecule has 26 heavy (non-hydrogen) atoms. The van der Waals surface area contributed by atoms with E-state index in [2.05, 4.69) is 27.7 Å². The standard InChI is InChI=1S/C26H54/c1-5-9-13-16-19-23-26(22-18-15-11-7-3)24-25(20-12-8-4)21-17-14-10-6-2/h25-26H,5-24H2,1-4H3. The molecule has 0 bridgehead atoms. The van der Waals surface area contributed by atoms with Crippen molar-refractivity contribution in [3.63, 3.8) is 0 Å². The second-order valence-electron chi connectivity index (χ2n) is 9.01. The first-order valence-corrected chi connectivity index (χ1v) is 12.8. The Morgan fingerprint density at radius 1 is 0.346 bits per heavy atom. The van der Waals surface area contributed by atoms with Crippen LogP contribution in [0.15, 0.2) is 0 Å². The van der Waals surface area contributed by atoms with Crippen LogP contribution in [0.5, 0.6) is 0 Å². The Kier molecular flexibility index (Phi) is 21.3. The number of rotatable bonds is 21. The van der Waals surface area contributed by atoms with Crippen molar-refractivity contribution in [2.45, 2.75) is 156 Å². The molecule has 0 aliphatic rings. The molecule has 0 aliphatic heterocycles. The smallest absolute Gasteiger partial charge is 0.0412 e. The molecule has 0 heterocycles. The summed E-state index contributed by atoms with van der Waals surface area (Å²) in [7, 11) is 0. The molecule has 158 valence electrons. The van der Waals surface area contributed by atoms with Gasteiger partial charge < -0.3 is 0 Å².